The number of carbonyl (C=O) groups is 2. The van der Waals surface area contributed by atoms with Gasteiger partial charge >= 0.3 is 5.97 Å². The molecular formula is C11H16O3. The molecular weight excluding hydrogens is 180 g/mol. The molecule has 1 aliphatic rings. The summed E-state index contributed by atoms with van der Waals surface area (Å²) in [6.07, 6.45) is 1.96. The summed E-state index contributed by atoms with van der Waals surface area (Å²) >= 11 is 0. The van der Waals surface area contributed by atoms with Crippen LogP contribution in [-0.4, -0.2) is 17.9 Å². The molecule has 1 rings (SSSR count). The first kappa shape index (κ1) is 11.0. The summed E-state index contributed by atoms with van der Waals surface area (Å²) in [5, 5.41) is 0. The maximum atomic E-state index is 11.1. The van der Waals surface area contributed by atoms with Crippen LogP contribution in [0.3, 0.4) is 0 Å². The minimum Gasteiger partial charge on any atom is -0.454 e. The smallest absolute Gasteiger partial charge is 0.334 e. The van der Waals surface area contributed by atoms with E-state index in [0.29, 0.717) is 12.0 Å². The minimum atomic E-state index is -0.306. The van der Waals surface area contributed by atoms with Gasteiger partial charge in [0.2, 0.25) is 0 Å². The van der Waals surface area contributed by atoms with Crippen LogP contribution in [0.2, 0.25) is 0 Å². The van der Waals surface area contributed by atoms with E-state index in [-0.39, 0.29) is 23.3 Å². The number of esters is 1. The predicted octanol–water partition coefficient (Wildman–Crippen LogP) is 1.86. The van der Waals surface area contributed by atoms with E-state index in [2.05, 4.69) is 0 Å². The third-order valence-electron chi connectivity index (χ3n) is 2.43. The van der Waals surface area contributed by atoms with Crippen LogP contribution in [0, 0.1) is 5.41 Å². The molecule has 0 saturated heterocycles. The Kier molecular flexibility index (Phi) is 2.79. The molecule has 3 nitrogen and oxygen atoms in total. The monoisotopic (exact) mass is 196 g/mol. The van der Waals surface area contributed by atoms with Crippen LogP contribution in [0.5, 0.6) is 0 Å². The van der Waals surface area contributed by atoms with E-state index in [1.54, 1.807) is 19.9 Å². The number of hydrogen-bond donors (Lipinski definition) is 0. The second-order valence-corrected chi connectivity index (χ2v) is 4.54. The molecule has 78 valence electrons. The molecule has 0 amide bonds. The Morgan fingerprint density at radius 3 is 2.50 bits per heavy atom. The van der Waals surface area contributed by atoms with Gasteiger partial charge in [0.25, 0.3) is 0 Å². The highest BCUT2D eigenvalue weighted by Gasteiger charge is 2.36. The fraction of sp³-hybridized carbons (Fsp3) is 0.636. The van der Waals surface area contributed by atoms with Crippen molar-refractivity contribution in [1.82, 2.24) is 0 Å². The second kappa shape index (κ2) is 3.56. The summed E-state index contributed by atoms with van der Waals surface area (Å²) in [4.78, 5) is 22.2. The number of ketones is 1. The minimum absolute atomic E-state index is 0.115. The van der Waals surface area contributed by atoms with Crippen LogP contribution in [0.1, 0.15) is 34.1 Å². The molecule has 1 atom stereocenters. The lowest BCUT2D eigenvalue weighted by atomic mass is 9.81. The molecule has 0 fully saturated rings. The molecule has 0 aromatic heterocycles. The van der Waals surface area contributed by atoms with Crippen LogP contribution < -0.4 is 0 Å². The Morgan fingerprint density at radius 1 is 1.57 bits per heavy atom. The van der Waals surface area contributed by atoms with E-state index in [1.807, 2.05) is 13.8 Å². The lowest BCUT2D eigenvalue weighted by Gasteiger charge is -2.28. The van der Waals surface area contributed by atoms with Crippen LogP contribution in [0.15, 0.2) is 11.6 Å². The van der Waals surface area contributed by atoms with Crippen molar-refractivity contribution >= 4 is 11.8 Å². The Bertz CT molecular complexity index is 300. The zero-order chi connectivity index (χ0) is 10.9. The van der Waals surface area contributed by atoms with Gasteiger partial charge in [0.05, 0.1) is 0 Å². The van der Waals surface area contributed by atoms with Crippen molar-refractivity contribution in [3.63, 3.8) is 0 Å². The van der Waals surface area contributed by atoms with Gasteiger partial charge < -0.3 is 9.53 Å². The number of hydrogen-bond acceptors (Lipinski definition) is 3. The molecule has 1 aliphatic heterocycles. The fourth-order valence-corrected chi connectivity index (χ4v) is 1.66. The summed E-state index contributed by atoms with van der Waals surface area (Å²) < 4.78 is 5.16. The van der Waals surface area contributed by atoms with E-state index in [1.165, 1.54) is 0 Å². The number of Topliss-reactive ketones (excluding diaryl/α,β-unsaturated/α-hetero) is 1. The zero-order valence-electron chi connectivity index (χ0n) is 9.09. The van der Waals surface area contributed by atoms with Crippen molar-refractivity contribution in [3.8, 4) is 0 Å². The largest absolute Gasteiger partial charge is 0.454 e. The van der Waals surface area contributed by atoms with Crippen LogP contribution in [0.25, 0.3) is 0 Å². The third kappa shape index (κ3) is 2.22. The van der Waals surface area contributed by atoms with Crippen molar-refractivity contribution in [2.45, 2.75) is 40.2 Å². The molecule has 14 heavy (non-hydrogen) atoms. The van der Waals surface area contributed by atoms with Gasteiger partial charge in [-0.25, -0.2) is 4.79 Å². The van der Waals surface area contributed by atoms with Crippen molar-refractivity contribution in [1.29, 1.82) is 0 Å². The SMILES string of the molecule is CC(=O)CC(C)(C)C1C=C(C)C(=O)O1. The fourth-order valence-electron chi connectivity index (χ4n) is 1.66. The zero-order valence-corrected chi connectivity index (χ0v) is 9.09. The predicted molar refractivity (Wildman–Crippen MR) is 52.7 cm³/mol. The highest BCUT2D eigenvalue weighted by molar-refractivity contribution is 5.90. The summed E-state index contributed by atoms with van der Waals surface area (Å²) in [7, 11) is 0. The standard InChI is InChI=1S/C11H16O3/c1-7-5-9(14-10(7)13)11(3,4)6-8(2)12/h5,9H,6H2,1-4H3. The number of carbonyl (C=O) groups excluding carboxylic acids is 2. The molecule has 0 saturated carbocycles. The van der Waals surface area contributed by atoms with Gasteiger partial charge in [-0.3, -0.25) is 0 Å². The van der Waals surface area contributed by atoms with E-state index in [4.69, 9.17) is 4.74 Å². The number of cyclic esters (lactones) is 1. The molecule has 1 heterocycles. The van der Waals surface area contributed by atoms with E-state index >= 15 is 0 Å². The molecule has 3 heteroatoms. The first-order chi connectivity index (χ1) is 6.33. The summed E-state index contributed by atoms with van der Waals surface area (Å²) in [5.74, 6) is -0.157. The summed E-state index contributed by atoms with van der Waals surface area (Å²) in [6, 6.07) is 0. The Morgan fingerprint density at radius 2 is 2.14 bits per heavy atom. The maximum Gasteiger partial charge on any atom is 0.334 e. The molecule has 0 bridgehead atoms. The van der Waals surface area contributed by atoms with Gasteiger partial charge in [-0.1, -0.05) is 13.8 Å². The van der Waals surface area contributed by atoms with Gasteiger partial charge in [-0.2, -0.15) is 0 Å². The van der Waals surface area contributed by atoms with Crippen LogP contribution >= 0.6 is 0 Å². The molecule has 0 aromatic carbocycles. The van der Waals surface area contributed by atoms with Gasteiger partial charge in [-0.05, 0) is 19.9 Å². The van der Waals surface area contributed by atoms with Gasteiger partial charge in [0.1, 0.15) is 11.9 Å². The van der Waals surface area contributed by atoms with Crippen LogP contribution in [0.4, 0.5) is 0 Å². The van der Waals surface area contributed by atoms with E-state index in [9.17, 15) is 9.59 Å². The average molecular weight is 196 g/mol. The molecule has 1 unspecified atom stereocenters. The lowest BCUT2D eigenvalue weighted by molar-refractivity contribution is -0.145. The average Bonchev–Trinajstić information content (AvgIpc) is 2.30. The van der Waals surface area contributed by atoms with Crippen molar-refractivity contribution < 1.29 is 14.3 Å². The highest BCUT2D eigenvalue weighted by atomic mass is 16.5. The number of ether oxygens (including phenoxy) is 1. The first-order valence-electron chi connectivity index (χ1n) is 4.72. The van der Waals surface area contributed by atoms with Crippen molar-refractivity contribution in [3.05, 3.63) is 11.6 Å². The highest BCUT2D eigenvalue weighted by Crippen LogP contribution is 2.33. The third-order valence-corrected chi connectivity index (χ3v) is 2.43. The van der Waals surface area contributed by atoms with Gasteiger partial charge in [0.15, 0.2) is 0 Å². The first-order valence-corrected chi connectivity index (χ1v) is 4.72. The Labute approximate surface area is 84.1 Å². The molecule has 0 N–H and O–H groups in total. The van der Waals surface area contributed by atoms with Crippen LogP contribution in [-0.2, 0) is 14.3 Å². The Hall–Kier alpha value is -1.12. The topological polar surface area (TPSA) is 43.4 Å². The molecule has 0 aromatic rings. The number of rotatable bonds is 3. The normalized spacial score (nSPS) is 21.9. The van der Waals surface area contributed by atoms with E-state index < -0.39 is 0 Å². The molecule has 0 radical (unpaired) electrons. The lowest BCUT2D eigenvalue weighted by Crippen LogP contribution is -2.30. The Balaban J connectivity index is 2.75. The van der Waals surface area contributed by atoms with Crippen molar-refractivity contribution in [2.24, 2.45) is 5.41 Å². The van der Waals surface area contributed by atoms with Gasteiger partial charge in [-0.15, -0.1) is 0 Å². The molecule has 0 spiro atoms. The summed E-state index contributed by atoms with van der Waals surface area (Å²) in [6.45, 7) is 7.14. The van der Waals surface area contributed by atoms with Gasteiger partial charge in [0, 0.05) is 17.4 Å². The second-order valence-electron chi connectivity index (χ2n) is 4.54. The summed E-state index contributed by atoms with van der Waals surface area (Å²) in [5.41, 5.74) is 0.325. The molecule has 0 aliphatic carbocycles. The van der Waals surface area contributed by atoms with E-state index in [0.717, 1.165) is 0 Å². The quantitative estimate of drug-likeness (QED) is 0.647. The maximum absolute atomic E-state index is 11.1. The van der Waals surface area contributed by atoms with Crippen molar-refractivity contribution in [2.75, 3.05) is 0 Å².